The first kappa shape index (κ1) is 7.34. The van der Waals surface area contributed by atoms with Crippen LogP contribution in [0.5, 0.6) is 0 Å². The number of amides is 1. The molecule has 0 unspecified atom stereocenters. The minimum absolute atomic E-state index is 0.0295. The van der Waals surface area contributed by atoms with Crippen molar-refractivity contribution < 1.29 is 4.79 Å². The maximum Gasteiger partial charge on any atom is 0.269 e. The molecule has 1 aliphatic rings. The minimum atomic E-state index is -0.0295. The molecule has 64 valence electrons. The number of carbonyl (C=O) groups is 1. The van der Waals surface area contributed by atoms with E-state index in [1.807, 2.05) is 13.8 Å². The Morgan fingerprint density at radius 1 is 1.58 bits per heavy atom. The standard InChI is InChI=1S/C8H11N3O/c1-5-6(2)11-7(3-4-9-11)8(12)10-5/h3-6H,1-2H3,(H,10,12)/t5-,6-/m1/s1. The Hall–Kier alpha value is -1.32. The largest absolute Gasteiger partial charge is 0.346 e. The van der Waals surface area contributed by atoms with E-state index >= 15 is 0 Å². The summed E-state index contributed by atoms with van der Waals surface area (Å²) in [6, 6.07) is 2.13. The summed E-state index contributed by atoms with van der Waals surface area (Å²) in [5, 5.41) is 6.97. The van der Waals surface area contributed by atoms with Gasteiger partial charge in [0.05, 0.1) is 6.04 Å². The van der Waals surface area contributed by atoms with E-state index in [4.69, 9.17) is 0 Å². The van der Waals surface area contributed by atoms with Crippen LogP contribution in [-0.4, -0.2) is 21.7 Å². The molecule has 2 atom stereocenters. The molecule has 1 aromatic rings. The Morgan fingerprint density at radius 3 is 3.08 bits per heavy atom. The number of aromatic nitrogens is 2. The van der Waals surface area contributed by atoms with E-state index < -0.39 is 0 Å². The number of hydrogen-bond acceptors (Lipinski definition) is 2. The van der Waals surface area contributed by atoms with Crippen molar-refractivity contribution >= 4 is 5.91 Å². The molecule has 0 aromatic carbocycles. The van der Waals surface area contributed by atoms with Gasteiger partial charge in [-0.15, -0.1) is 0 Å². The second-order valence-electron chi connectivity index (χ2n) is 3.16. The van der Waals surface area contributed by atoms with Crippen LogP contribution in [0.3, 0.4) is 0 Å². The van der Waals surface area contributed by atoms with Crippen LogP contribution >= 0.6 is 0 Å². The quantitative estimate of drug-likeness (QED) is 0.611. The molecule has 2 rings (SSSR count). The van der Waals surface area contributed by atoms with Crippen molar-refractivity contribution in [1.82, 2.24) is 15.1 Å². The molecule has 4 nitrogen and oxygen atoms in total. The first-order valence-corrected chi connectivity index (χ1v) is 4.04. The number of nitrogens with zero attached hydrogens (tertiary/aromatic N) is 2. The minimum Gasteiger partial charge on any atom is -0.346 e. The average molecular weight is 165 g/mol. The van der Waals surface area contributed by atoms with E-state index in [0.29, 0.717) is 5.69 Å². The lowest BCUT2D eigenvalue weighted by atomic mass is 10.1. The molecule has 2 heterocycles. The number of hydrogen-bond donors (Lipinski definition) is 1. The monoisotopic (exact) mass is 165 g/mol. The molecule has 1 N–H and O–H groups in total. The highest BCUT2D eigenvalue weighted by atomic mass is 16.2. The normalized spacial score (nSPS) is 28.0. The Morgan fingerprint density at radius 2 is 2.33 bits per heavy atom. The molecule has 0 aliphatic carbocycles. The Labute approximate surface area is 70.6 Å². The van der Waals surface area contributed by atoms with Gasteiger partial charge < -0.3 is 5.32 Å². The predicted molar refractivity (Wildman–Crippen MR) is 43.9 cm³/mol. The van der Waals surface area contributed by atoms with Crippen molar-refractivity contribution in [3.63, 3.8) is 0 Å². The number of fused-ring (bicyclic) bond motifs is 1. The second kappa shape index (κ2) is 2.33. The van der Waals surface area contributed by atoms with Crippen molar-refractivity contribution in [2.75, 3.05) is 0 Å². The van der Waals surface area contributed by atoms with Crippen LogP contribution in [0, 0.1) is 0 Å². The molecule has 4 heteroatoms. The summed E-state index contributed by atoms with van der Waals surface area (Å²) in [6.07, 6.45) is 1.66. The fraction of sp³-hybridized carbons (Fsp3) is 0.500. The summed E-state index contributed by atoms with van der Waals surface area (Å²) in [7, 11) is 0. The fourth-order valence-corrected chi connectivity index (χ4v) is 1.43. The fourth-order valence-electron chi connectivity index (χ4n) is 1.43. The third-order valence-electron chi connectivity index (χ3n) is 2.37. The topological polar surface area (TPSA) is 46.9 Å². The molecule has 0 saturated carbocycles. The van der Waals surface area contributed by atoms with E-state index in [9.17, 15) is 4.79 Å². The first-order chi connectivity index (χ1) is 5.70. The van der Waals surface area contributed by atoms with Crippen molar-refractivity contribution in [1.29, 1.82) is 0 Å². The predicted octanol–water partition coefficient (Wildman–Crippen LogP) is 0.576. The van der Waals surface area contributed by atoms with Crippen LogP contribution in [0.1, 0.15) is 30.4 Å². The zero-order valence-corrected chi connectivity index (χ0v) is 7.11. The Kier molecular flexibility index (Phi) is 1.43. The summed E-state index contributed by atoms with van der Waals surface area (Å²) < 4.78 is 1.77. The average Bonchev–Trinajstić information content (AvgIpc) is 2.48. The number of carbonyl (C=O) groups excluding carboxylic acids is 1. The third kappa shape index (κ3) is 0.841. The van der Waals surface area contributed by atoms with E-state index in [-0.39, 0.29) is 18.0 Å². The Balaban J connectivity index is 2.49. The van der Waals surface area contributed by atoms with Crippen LogP contribution < -0.4 is 5.32 Å². The van der Waals surface area contributed by atoms with Gasteiger partial charge in [0.15, 0.2) is 0 Å². The molecule has 0 radical (unpaired) electrons. The van der Waals surface area contributed by atoms with Gasteiger partial charge in [-0.25, -0.2) is 0 Å². The molecule has 1 amide bonds. The first-order valence-electron chi connectivity index (χ1n) is 4.04. The van der Waals surface area contributed by atoms with Crippen LogP contribution in [-0.2, 0) is 0 Å². The van der Waals surface area contributed by atoms with Crippen LogP contribution in [0.4, 0.5) is 0 Å². The maximum atomic E-state index is 11.3. The van der Waals surface area contributed by atoms with E-state index in [1.165, 1.54) is 0 Å². The zero-order chi connectivity index (χ0) is 8.72. The SMILES string of the molecule is C[C@@H]1[C@@H](C)NC(=O)c2ccnn21. The molecule has 0 saturated heterocycles. The summed E-state index contributed by atoms with van der Waals surface area (Å²) in [6.45, 7) is 4.02. The van der Waals surface area contributed by atoms with Crippen LogP contribution in [0.15, 0.2) is 12.3 Å². The van der Waals surface area contributed by atoms with Gasteiger partial charge in [0.2, 0.25) is 0 Å². The van der Waals surface area contributed by atoms with Crippen LogP contribution in [0.2, 0.25) is 0 Å². The van der Waals surface area contributed by atoms with Crippen molar-refractivity contribution in [3.05, 3.63) is 18.0 Å². The smallest absolute Gasteiger partial charge is 0.269 e. The van der Waals surface area contributed by atoms with Crippen LogP contribution in [0.25, 0.3) is 0 Å². The third-order valence-corrected chi connectivity index (χ3v) is 2.37. The lowest BCUT2D eigenvalue weighted by molar-refractivity contribution is 0.0882. The van der Waals surface area contributed by atoms with E-state index in [0.717, 1.165) is 0 Å². The highest BCUT2D eigenvalue weighted by molar-refractivity contribution is 5.93. The van der Waals surface area contributed by atoms with Gasteiger partial charge >= 0.3 is 0 Å². The zero-order valence-electron chi connectivity index (χ0n) is 7.11. The molecular weight excluding hydrogens is 154 g/mol. The number of rotatable bonds is 0. The summed E-state index contributed by atoms with van der Waals surface area (Å²) in [5.41, 5.74) is 0.653. The molecular formula is C8H11N3O. The summed E-state index contributed by atoms with van der Waals surface area (Å²) in [5.74, 6) is -0.0295. The van der Waals surface area contributed by atoms with E-state index in [2.05, 4.69) is 10.4 Å². The highest BCUT2D eigenvalue weighted by Gasteiger charge is 2.27. The lowest BCUT2D eigenvalue weighted by Gasteiger charge is -2.27. The summed E-state index contributed by atoms with van der Waals surface area (Å²) in [4.78, 5) is 11.3. The van der Waals surface area contributed by atoms with E-state index in [1.54, 1.807) is 16.9 Å². The second-order valence-corrected chi connectivity index (χ2v) is 3.16. The van der Waals surface area contributed by atoms with Gasteiger partial charge in [-0.2, -0.15) is 5.10 Å². The van der Waals surface area contributed by atoms with Gasteiger partial charge in [-0.1, -0.05) is 0 Å². The maximum absolute atomic E-state index is 11.3. The van der Waals surface area contributed by atoms with Crippen molar-refractivity contribution in [2.45, 2.75) is 25.9 Å². The van der Waals surface area contributed by atoms with Crippen molar-refractivity contribution in [3.8, 4) is 0 Å². The van der Waals surface area contributed by atoms with Gasteiger partial charge in [-0.3, -0.25) is 9.48 Å². The molecule has 0 bridgehead atoms. The van der Waals surface area contributed by atoms with Gasteiger partial charge in [-0.05, 0) is 19.9 Å². The molecule has 1 aliphatic heterocycles. The van der Waals surface area contributed by atoms with Gasteiger partial charge in [0.25, 0.3) is 5.91 Å². The molecule has 12 heavy (non-hydrogen) atoms. The number of nitrogens with one attached hydrogen (secondary N) is 1. The summed E-state index contributed by atoms with van der Waals surface area (Å²) >= 11 is 0. The van der Waals surface area contributed by atoms with Crippen molar-refractivity contribution in [2.24, 2.45) is 0 Å². The highest BCUT2D eigenvalue weighted by Crippen LogP contribution is 2.17. The lowest BCUT2D eigenvalue weighted by Crippen LogP contribution is -2.45. The van der Waals surface area contributed by atoms with Gasteiger partial charge in [0, 0.05) is 12.2 Å². The molecule has 0 fully saturated rings. The Bertz CT molecular complexity index is 318. The molecule has 0 spiro atoms. The molecule has 1 aromatic heterocycles. The van der Waals surface area contributed by atoms with Gasteiger partial charge in [0.1, 0.15) is 5.69 Å².